The molecule has 2 saturated heterocycles. The van der Waals surface area contributed by atoms with Crippen LogP contribution in [-0.4, -0.2) is 30.4 Å². The third-order valence-electron chi connectivity index (χ3n) is 5.70. The number of hydrogen-bond donors (Lipinski definition) is 1. The molecule has 4 rings (SSSR count). The SMILES string of the molecule is COC(=O)[C@]1(C)[NH2+][C@@H](c2ccco2)[C@H]2C(=O)N(c3ccc(C)cc3)C(=O)[C@H]21. The molecule has 0 bridgehead atoms. The third-order valence-corrected chi connectivity index (χ3v) is 5.70. The first-order chi connectivity index (χ1) is 12.9. The summed E-state index contributed by atoms with van der Waals surface area (Å²) in [5, 5.41) is 1.73. The summed E-state index contributed by atoms with van der Waals surface area (Å²) >= 11 is 0. The maximum atomic E-state index is 13.3. The van der Waals surface area contributed by atoms with E-state index in [1.807, 2.05) is 19.1 Å². The van der Waals surface area contributed by atoms with Crippen LogP contribution in [-0.2, 0) is 19.1 Å². The molecule has 2 N–H and O–H groups in total. The van der Waals surface area contributed by atoms with E-state index in [9.17, 15) is 14.4 Å². The van der Waals surface area contributed by atoms with Crippen molar-refractivity contribution in [3.8, 4) is 0 Å². The van der Waals surface area contributed by atoms with E-state index in [1.165, 1.54) is 18.3 Å². The number of carbonyl (C=O) groups excluding carboxylic acids is 3. The van der Waals surface area contributed by atoms with E-state index in [-0.39, 0.29) is 11.8 Å². The molecular weight excluding hydrogens is 348 g/mol. The van der Waals surface area contributed by atoms with Crippen molar-refractivity contribution in [2.24, 2.45) is 11.8 Å². The van der Waals surface area contributed by atoms with Gasteiger partial charge in [0.25, 0.3) is 0 Å². The van der Waals surface area contributed by atoms with Crippen LogP contribution in [0.1, 0.15) is 24.3 Å². The lowest BCUT2D eigenvalue weighted by Crippen LogP contribution is -2.97. The van der Waals surface area contributed by atoms with Crippen molar-refractivity contribution >= 4 is 23.5 Å². The number of carbonyl (C=O) groups is 3. The minimum atomic E-state index is -1.21. The second-order valence-electron chi connectivity index (χ2n) is 7.33. The lowest BCUT2D eigenvalue weighted by molar-refractivity contribution is -0.732. The monoisotopic (exact) mass is 369 g/mol. The van der Waals surface area contributed by atoms with Crippen molar-refractivity contribution in [2.75, 3.05) is 12.0 Å². The number of fused-ring (bicyclic) bond motifs is 1. The van der Waals surface area contributed by atoms with Crippen LogP contribution in [0.4, 0.5) is 5.69 Å². The first-order valence-electron chi connectivity index (χ1n) is 8.81. The van der Waals surface area contributed by atoms with Crippen molar-refractivity contribution < 1.29 is 28.9 Å². The molecule has 0 saturated carbocycles. The zero-order chi connectivity index (χ0) is 19.3. The minimum Gasteiger partial charge on any atom is -0.464 e. The van der Waals surface area contributed by atoms with E-state index in [0.29, 0.717) is 11.4 Å². The highest BCUT2D eigenvalue weighted by Crippen LogP contribution is 2.45. The van der Waals surface area contributed by atoms with E-state index >= 15 is 0 Å². The molecule has 4 atom stereocenters. The van der Waals surface area contributed by atoms with Gasteiger partial charge < -0.3 is 14.5 Å². The molecule has 3 heterocycles. The maximum absolute atomic E-state index is 13.3. The van der Waals surface area contributed by atoms with Crippen molar-refractivity contribution in [1.82, 2.24) is 0 Å². The second kappa shape index (κ2) is 6.06. The fourth-order valence-electron chi connectivity index (χ4n) is 4.37. The third kappa shape index (κ3) is 2.42. The summed E-state index contributed by atoms with van der Waals surface area (Å²) in [4.78, 5) is 40.3. The summed E-state index contributed by atoms with van der Waals surface area (Å²) in [6.07, 6.45) is 1.52. The molecule has 7 heteroatoms. The van der Waals surface area contributed by atoms with Crippen molar-refractivity contribution in [3.05, 3.63) is 54.0 Å². The van der Waals surface area contributed by atoms with Crippen LogP contribution in [0.15, 0.2) is 47.1 Å². The summed E-state index contributed by atoms with van der Waals surface area (Å²) in [7, 11) is 1.29. The Labute approximate surface area is 156 Å². The molecule has 27 heavy (non-hydrogen) atoms. The minimum absolute atomic E-state index is 0.320. The van der Waals surface area contributed by atoms with Gasteiger partial charge >= 0.3 is 5.97 Å². The first-order valence-corrected chi connectivity index (χ1v) is 8.81. The van der Waals surface area contributed by atoms with Gasteiger partial charge in [0.2, 0.25) is 17.4 Å². The number of methoxy groups -OCH3 is 1. The van der Waals surface area contributed by atoms with Gasteiger partial charge in [0.05, 0.1) is 19.1 Å². The molecule has 2 amide bonds. The molecule has 0 aliphatic carbocycles. The van der Waals surface area contributed by atoms with Gasteiger partial charge in [-0.3, -0.25) is 9.59 Å². The molecule has 2 aromatic rings. The zero-order valence-corrected chi connectivity index (χ0v) is 15.3. The number of aryl methyl sites for hydroxylation is 1. The summed E-state index contributed by atoms with van der Waals surface area (Å²) in [6.45, 7) is 3.59. The predicted octanol–water partition coefficient (Wildman–Crippen LogP) is 0.944. The fraction of sp³-hybridized carbons (Fsp3) is 0.350. The van der Waals surface area contributed by atoms with Crippen LogP contribution < -0.4 is 10.2 Å². The van der Waals surface area contributed by atoms with Crippen LogP contribution in [0, 0.1) is 18.8 Å². The molecule has 2 aliphatic heterocycles. The summed E-state index contributed by atoms with van der Waals surface area (Å²) in [5.41, 5.74) is 0.331. The molecule has 2 aliphatic rings. The molecule has 0 radical (unpaired) electrons. The van der Waals surface area contributed by atoms with Gasteiger partial charge in [-0.05, 0) is 31.2 Å². The molecule has 0 unspecified atom stereocenters. The van der Waals surface area contributed by atoms with Gasteiger partial charge in [-0.2, -0.15) is 0 Å². The van der Waals surface area contributed by atoms with Crippen LogP contribution >= 0.6 is 0 Å². The lowest BCUT2D eigenvalue weighted by Gasteiger charge is -2.25. The molecule has 1 aromatic heterocycles. The number of nitrogens with zero attached hydrogens (tertiary/aromatic N) is 1. The highest BCUT2D eigenvalue weighted by atomic mass is 16.5. The number of benzene rings is 1. The van der Waals surface area contributed by atoms with E-state index in [2.05, 4.69) is 0 Å². The normalized spacial score (nSPS) is 29.9. The van der Waals surface area contributed by atoms with E-state index in [1.54, 1.807) is 36.5 Å². The van der Waals surface area contributed by atoms with Crippen LogP contribution in [0.25, 0.3) is 0 Å². The number of quaternary nitrogens is 1. The standard InChI is InChI=1S/C20H20N2O5/c1-11-6-8-12(9-7-11)22-17(23)14-15(18(22)24)20(2,19(25)26-3)21-16(14)13-5-4-10-27-13/h4-10,14-16,21H,1-3H3/p+1/t14-,15-,16-,20+/m0/s1. The van der Waals surface area contributed by atoms with Gasteiger partial charge in [-0.1, -0.05) is 17.7 Å². The Balaban J connectivity index is 1.81. The summed E-state index contributed by atoms with van der Waals surface area (Å²) in [6, 6.07) is 10.2. The molecule has 0 spiro atoms. The Bertz CT molecular complexity index is 905. The number of esters is 1. The molecule has 7 nitrogen and oxygen atoms in total. The Morgan fingerprint density at radius 2 is 1.89 bits per heavy atom. The molecule has 140 valence electrons. The maximum Gasteiger partial charge on any atom is 0.368 e. The number of furan rings is 1. The number of rotatable bonds is 3. The van der Waals surface area contributed by atoms with E-state index in [0.717, 1.165) is 5.56 Å². The molecule has 2 fully saturated rings. The lowest BCUT2D eigenvalue weighted by atomic mass is 9.81. The topological polar surface area (TPSA) is 93.4 Å². The molecular formula is C20H21N2O5+. The fourth-order valence-corrected chi connectivity index (χ4v) is 4.37. The second-order valence-corrected chi connectivity index (χ2v) is 7.33. The summed E-state index contributed by atoms with van der Waals surface area (Å²) < 4.78 is 10.5. The average Bonchev–Trinajstić information content (AvgIpc) is 3.34. The predicted molar refractivity (Wildman–Crippen MR) is 94.4 cm³/mol. The Hall–Kier alpha value is -2.93. The number of anilines is 1. The van der Waals surface area contributed by atoms with Gasteiger partial charge in [-0.25, -0.2) is 9.69 Å². The number of hydrogen-bond acceptors (Lipinski definition) is 5. The number of ether oxygens (including phenoxy) is 1. The van der Waals surface area contributed by atoms with E-state index in [4.69, 9.17) is 9.15 Å². The van der Waals surface area contributed by atoms with Gasteiger partial charge in [0, 0.05) is 6.92 Å². The van der Waals surface area contributed by atoms with Crippen LogP contribution in [0.2, 0.25) is 0 Å². The van der Waals surface area contributed by atoms with Gasteiger partial charge in [-0.15, -0.1) is 0 Å². The highest BCUT2D eigenvalue weighted by molar-refractivity contribution is 6.23. The number of amides is 2. The van der Waals surface area contributed by atoms with Crippen molar-refractivity contribution in [3.63, 3.8) is 0 Å². The van der Waals surface area contributed by atoms with Crippen LogP contribution in [0.3, 0.4) is 0 Å². The van der Waals surface area contributed by atoms with E-state index < -0.39 is 29.4 Å². The largest absolute Gasteiger partial charge is 0.464 e. The van der Waals surface area contributed by atoms with Crippen molar-refractivity contribution in [1.29, 1.82) is 0 Å². The van der Waals surface area contributed by atoms with Crippen LogP contribution in [0.5, 0.6) is 0 Å². The quantitative estimate of drug-likeness (QED) is 0.642. The smallest absolute Gasteiger partial charge is 0.368 e. The van der Waals surface area contributed by atoms with Crippen molar-refractivity contribution in [2.45, 2.75) is 25.4 Å². The zero-order valence-electron chi connectivity index (χ0n) is 15.3. The number of imide groups is 1. The van der Waals surface area contributed by atoms with Gasteiger partial charge in [0.15, 0.2) is 11.8 Å². The van der Waals surface area contributed by atoms with Gasteiger partial charge in [0.1, 0.15) is 11.8 Å². The summed E-state index contributed by atoms with van der Waals surface area (Å²) in [5.74, 6) is -2.20. The Morgan fingerprint density at radius 1 is 1.19 bits per heavy atom. The average molecular weight is 369 g/mol. The Morgan fingerprint density at radius 3 is 2.48 bits per heavy atom. The Kier molecular flexibility index (Phi) is 3.92. The molecule has 1 aromatic carbocycles. The number of nitrogens with two attached hydrogens (primary N) is 1. The first kappa shape index (κ1) is 17.5. The highest BCUT2D eigenvalue weighted by Gasteiger charge is 2.71.